The fourth-order valence-electron chi connectivity index (χ4n) is 2.19. The van der Waals surface area contributed by atoms with E-state index >= 15 is 0 Å². The number of carbonyl (C=O) groups excluding carboxylic acids is 1. The number of aromatic amines is 1. The highest BCUT2D eigenvalue weighted by molar-refractivity contribution is 6.04. The predicted octanol–water partition coefficient (Wildman–Crippen LogP) is 0.442. The molecule has 2 heterocycles. The summed E-state index contributed by atoms with van der Waals surface area (Å²) in [5.41, 5.74) is -0.0570. The second-order valence-electron chi connectivity index (χ2n) is 4.48. The maximum absolute atomic E-state index is 12.2. The SMILES string of the molecule is O=C(NC1CCOC1)c1n[nH]c(=O)c2ccccc12. The molecule has 1 amide bonds. The van der Waals surface area contributed by atoms with Gasteiger partial charge in [0.05, 0.1) is 18.0 Å². The normalized spacial score (nSPS) is 18.6. The van der Waals surface area contributed by atoms with Crippen LogP contribution in [0, 0.1) is 0 Å². The summed E-state index contributed by atoms with van der Waals surface area (Å²) in [4.78, 5) is 23.8. The molecule has 0 radical (unpaired) electrons. The van der Waals surface area contributed by atoms with E-state index in [1.165, 1.54) is 0 Å². The average Bonchev–Trinajstić information content (AvgIpc) is 2.92. The maximum Gasteiger partial charge on any atom is 0.272 e. The molecule has 0 bridgehead atoms. The number of hydrogen-bond acceptors (Lipinski definition) is 4. The Morgan fingerprint density at radius 1 is 1.37 bits per heavy atom. The number of H-pyrrole nitrogens is 1. The Balaban J connectivity index is 1.98. The molecule has 1 aliphatic rings. The Morgan fingerprint density at radius 3 is 2.89 bits per heavy atom. The van der Waals surface area contributed by atoms with Gasteiger partial charge in [-0.3, -0.25) is 9.59 Å². The van der Waals surface area contributed by atoms with Crippen molar-refractivity contribution >= 4 is 16.7 Å². The van der Waals surface area contributed by atoms with E-state index in [1.54, 1.807) is 24.3 Å². The summed E-state index contributed by atoms with van der Waals surface area (Å²) in [6.45, 7) is 1.18. The van der Waals surface area contributed by atoms with Gasteiger partial charge >= 0.3 is 0 Å². The van der Waals surface area contributed by atoms with Gasteiger partial charge in [0.2, 0.25) is 0 Å². The number of nitrogens with one attached hydrogen (secondary N) is 2. The second kappa shape index (κ2) is 4.81. The Hall–Kier alpha value is -2.21. The van der Waals surface area contributed by atoms with Crippen LogP contribution < -0.4 is 10.9 Å². The third-order valence-electron chi connectivity index (χ3n) is 3.18. The largest absolute Gasteiger partial charge is 0.379 e. The van der Waals surface area contributed by atoms with E-state index in [9.17, 15) is 9.59 Å². The first kappa shape index (κ1) is 11.9. The van der Waals surface area contributed by atoms with E-state index in [2.05, 4.69) is 15.5 Å². The zero-order valence-corrected chi connectivity index (χ0v) is 10.2. The molecule has 3 rings (SSSR count). The Bertz CT molecular complexity index is 674. The standard InChI is InChI=1S/C13H13N3O3/c17-12-10-4-2-1-3-9(10)11(15-16-12)13(18)14-8-5-6-19-7-8/h1-4,8H,5-7H2,(H,14,18)(H,16,17). The van der Waals surface area contributed by atoms with Crippen LogP contribution in [0.2, 0.25) is 0 Å². The van der Waals surface area contributed by atoms with E-state index in [0.29, 0.717) is 24.0 Å². The molecule has 6 nitrogen and oxygen atoms in total. The summed E-state index contributed by atoms with van der Waals surface area (Å²) in [5, 5.41) is 10.1. The monoisotopic (exact) mass is 259 g/mol. The number of rotatable bonds is 2. The molecule has 1 aromatic carbocycles. The molecule has 2 N–H and O–H groups in total. The van der Waals surface area contributed by atoms with Gasteiger partial charge < -0.3 is 10.1 Å². The topological polar surface area (TPSA) is 84.1 Å². The first-order valence-corrected chi connectivity index (χ1v) is 6.12. The van der Waals surface area contributed by atoms with Crippen LogP contribution in [0.1, 0.15) is 16.9 Å². The van der Waals surface area contributed by atoms with Crippen molar-refractivity contribution in [2.75, 3.05) is 13.2 Å². The molecule has 0 saturated carbocycles. The molecule has 98 valence electrons. The minimum Gasteiger partial charge on any atom is -0.379 e. The second-order valence-corrected chi connectivity index (χ2v) is 4.48. The van der Waals surface area contributed by atoms with Crippen molar-refractivity contribution in [3.8, 4) is 0 Å². The average molecular weight is 259 g/mol. The van der Waals surface area contributed by atoms with Gasteiger partial charge in [-0.15, -0.1) is 0 Å². The molecule has 2 aromatic rings. The molecule has 1 unspecified atom stereocenters. The van der Waals surface area contributed by atoms with Gasteiger partial charge in [0.1, 0.15) is 0 Å². The predicted molar refractivity (Wildman–Crippen MR) is 69.1 cm³/mol. The minimum atomic E-state index is -0.295. The first-order chi connectivity index (χ1) is 9.25. The number of ether oxygens (including phenoxy) is 1. The summed E-state index contributed by atoms with van der Waals surface area (Å²) >= 11 is 0. The number of carbonyl (C=O) groups is 1. The summed E-state index contributed by atoms with van der Waals surface area (Å²) in [5.74, 6) is -0.289. The highest BCUT2D eigenvalue weighted by atomic mass is 16.5. The third-order valence-corrected chi connectivity index (χ3v) is 3.18. The number of hydrogen-bond donors (Lipinski definition) is 2. The molecule has 1 saturated heterocycles. The summed E-state index contributed by atoms with van der Waals surface area (Å²) < 4.78 is 5.21. The number of fused-ring (bicyclic) bond motifs is 1. The fraction of sp³-hybridized carbons (Fsp3) is 0.308. The molecule has 1 aliphatic heterocycles. The number of aromatic nitrogens is 2. The van der Waals surface area contributed by atoms with E-state index < -0.39 is 0 Å². The lowest BCUT2D eigenvalue weighted by molar-refractivity contribution is 0.0925. The highest BCUT2D eigenvalue weighted by Crippen LogP contribution is 2.13. The lowest BCUT2D eigenvalue weighted by Gasteiger charge is -2.10. The van der Waals surface area contributed by atoms with Crippen LogP contribution in [0.5, 0.6) is 0 Å². The van der Waals surface area contributed by atoms with Crippen molar-refractivity contribution in [1.82, 2.24) is 15.5 Å². The minimum absolute atomic E-state index is 0.0139. The fourth-order valence-corrected chi connectivity index (χ4v) is 2.19. The number of nitrogens with zero attached hydrogens (tertiary/aromatic N) is 1. The molecule has 1 atom stereocenters. The maximum atomic E-state index is 12.2. The Morgan fingerprint density at radius 2 is 2.16 bits per heavy atom. The highest BCUT2D eigenvalue weighted by Gasteiger charge is 2.21. The van der Waals surface area contributed by atoms with Gasteiger partial charge in [-0.1, -0.05) is 18.2 Å². The molecule has 1 fully saturated rings. The van der Waals surface area contributed by atoms with Gasteiger partial charge in [0.25, 0.3) is 11.5 Å². The van der Waals surface area contributed by atoms with Crippen LogP contribution in [-0.2, 0) is 4.74 Å². The summed E-state index contributed by atoms with van der Waals surface area (Å²) in [7, 11) is 0. The molecule has 0 spiro atoms. The zero-order valence-electron chi connectivity index (χ0n) is 10.2. The van der Waals surface area contributed by atoms with Crippen LogP contribution in [0.4, 0.5) is 0 Å². The van der Waals surface area contributed by atoms with Crippen molar-refractivity contribution in [3.63, 3.8) is 0 Å². The van der Waals surface area contributed by atoms with Gasteiger partial charge in [-0.25, -0.2) is 5.10 Å². The van der Waals surface area contributed by atoms with Crippen LogP contribution in [-0.4, -0.2) is 35.4 Å². The molecule has 0 aliphatic carbocycles. The van der Waals surface area contributed by atoms with E-state index in [0.717, 1.165) is 6.42 Å². The number of benzene rings is 1. The van der Waals surface area contributed by atoms with E-state index in [1.807, 2.05) is 0 Å². The Kier molecular flexibility index (Phi) is 3.00. The quantitative estimate of drug-likeness (QED) is 0.819. The van der Waals surface area contributed by atoms with Crippen LogP contribution in [0.25, 0.3) is 10.8 Å². The lowest BCUT2D eigenvalue weighted by atomic mass is 10.1. The molecular weight excluding hydrogens is 246 g/mol. The van der Waals surface area contributed by atoms with Crippen molar-refractivity contribution in [2.24, 2.45) is 0 Å². The van der Waals surface area contributed by atoms with Gasteiger partial charge in [-0.05, 0) is 12.5 Å². The summed E-state index contributed by atoms with van der Waals surface area (Å²) in [6, 6.07) is 6.94. The van der Waals surface area contributed by atoms with Crippen LogP contribution in [0.15, 0.2) is 29.1 Å². The van der Waals surface area contributed by atoms with Crippen LogP contribution >= 0.6 is 0 Å². The smallest absolute Gasteiger partial charge is 0.272 e. The van der Waals surface area contributed by atoms with E-state index in [-0.39, 0.29) is 23.2 Å². The lowest BCUT2D eigenvalue weighted by Crippen LogP contribution is -2.36. The van der Waals surface area contributed by atoms with Crippen molar-refractivity contribution in [1.29, 1.82) is 0 Å². The molecule has 6 heteroatoms. The Labute approximate surface area is 108 Å². The number of amides is 1. The van der Waals surface area contributed by atoms with E-state index in [4.69, 9.17) is 4.74 Å². The van der Waals surface area contributed by atoms with Crippen LogP contribution in [0.3, 0.4) is 0 Å². The molecule has 19 heavy (non-hydrogen) atoms. The van der Waals surface area contributed by atoms with Crippen molar-refractivity contribution in [2.45, 2.75) is 12.5 Å². The van der Waals surface area contributed by atoms with Gasteiger partial charge in [-0.2, -0.15) is 5.10 Å². The zero-order chi connectivity index (χ0) is 13.2. The summed E-state index contributed by atoms with van der Waals surface area (Å²) in [6.07, 6.45) is 0.799. The third kappa shape index (κ3) is 2.22. The first-order valence-electron chi connectivity index (χ1n) is 6.12. The van der Waals surface area contributed by atoms with Crippen molar-refractivity contribution in [3.05, 3.63) is 40.3 Å². The molecular formula is C13H13N3O3. The van der Waals surface area contributed by atoms with Crippen molar-refractivity contribution < 1.29 is 9.53 Å². The van der Waals surface area contributed by atoms with Gasteiger partial charge in [0.15, 0.2) is 5.69 Å². The van der Waals surface area contributed by atoms with Gasteiger partial charge in [0, 0.05) is 12.0 Å². The molecule has 1 aromatic heterocycles.